The molecule has 0 heterocycles. The van der Waals surface area contributed by atoms with Gasteiger partial charge in [-0.1, -0.05) is 11.6 Å². The highest BCUT2D eigenvalue weighted by Gasteiger charge is 2.14. The summed E-state index contributed by atoms with van der Waals surface area (Å²) in [4.78, 5) is 18.9. The minimum Gasteiger partial charge on any atom is -0.497 e. The van der Waals surface area contributed by atoms with Crippen LogP contribution < -0.4 is 9.47 Å². The van der Waals surface area contributed by atoms with Gasteiger partial charge in [0.15, 0.2) is 6.61 Å². The van der Waals surface area contributed by atoms with Crippen LogP contribution in [0, 0.1) is 6.92 Å². The van der Waals surface area contributed by atoms with Gasteiger partial charge in [-0.15, -0.1) is 0 Å². The molecule has 0 saturated carbocycles. The highest BCUT2D eigenvalue weighted by atomic mass is 79.9. The molecule has 0 radical (unpaired) electrons. The summed E-state index contributed by atoms with van der Waals surface area (Å²) in [5.41, 5.74) is 1.95. The highest BCUT2D eigenvalue weighted by molar-refractivity contribution is 9.10. The third-order valence-electron chi connectivity index (χ3n) is 3.98. The van der Waals surface area contributed by atoms with Crippen LogP contribution in [0.1, 0.15) is 22.8 Å². The molecule has 0 aliphatic heterocycles. The predicted octanol–water partition coefficient (Wildman–Crippen LogP) is 5.29. The largest absolute Gasteiger partial charge is 0.497 e. The van der Waals surface area contributed by atoms with Crippen LogP contribution in [-0.4, -0.2) is 44.3 Å². The van der Waals surface area contributed by atoms with Gasteiger partial charge >= 0.3 is 0 Å². The molecule has 0 unspecified atom stereocenters. The molecule has 5 nitrogen and oxygen atoms in total. The van der Waals surface area contributed by atoms with Crippen molar-refractivity contribution in [1.29, 1.82) is 0 Å². The Morgan fingerprint density at radius 2 is 2.07 bits per heavy atom. The van der Waals surface area contributed by atoms with E-state index in [4.69, 9.17) is 21.1 Å². The fraction of sp³-hybridized carbons (Fsp3) is 0.300. The first-order valence-corrected chi connectivity index (χ1v) is 9.57. The normalized spacial score (nSPS) is 10.9. The first-order valence-electron chi connectivity index (χ1n) is 8.39. The molecule has 0 aliphatic carbocycles. The number of benzene rings is 2. The van der Waals surface area contributed by atoms with Crippen LogP contribution in [-0.2, 0) is 0 Å². The molecule has 0 fully saturated rings. The van der Waals surface area contributed by atoms with E-state index in [-0.39, 0.29) is 12.4 Å². The molecule has 0 spiro atoms. The summed E-state index contributed by atoms with van der Waals surface area (Å²) in [6.07, 6.45) is 1.71. The molecule has 0 aromatic heterocycles. The maximum absolute atomic E-state index is 12.6. The Labute approximate surface area is 173 Å². The number of aryl methyl sites for hydroxylation is 1. The number of aliphatic imine (C=N–C) groups is 1. The summed E-state index contributed by atoms with van der Waals surface area (Å²) >= 11 is 9.71. The molecule has 2 aromatic carbocycles. The average molecular weight is 454 g/mol. The number of rotatable bonds is 8. The van der Waals surface area contributed by atoms with Crippen LogP contribution in [0.2, 0.25) is 5.02 Å². The van der Waals surface area contributed by atoms with Gasteiger partial charge < -0.3 is 14.4 Å². The molecule has 0 aliphatic rings. The maximum Gasteiger partial charge on any atom is 0.200 e. The monoisotopic (exact) mass is 452 g/mol. The lowest BCUT2D eigenvalue weighted by molar-refractivity contribution is 0.0920. The van der Waals surface area contributed by atoms with Crippen LogP contribution in [0.5, 0.6) is 11.5 Å². The van der Waals surface area contributed by atoms with E-state index in [9.17, 15) is 4.79 Å². The van der Waals surface area contributed by atoms with E-state index >= 15 is 0 Å². The molecular formula is C20H22BrClN2O3. The van der Waals surface area contributed by atoms with E-state index in [0.29, 0.717) is 32.2 Å². The third-order valence-corrected chi connectivity index (χ3v) is 4.91. The second-order valence-corrected chi connectivity index (χ2v) is 7.21. The van der Waals surface area contributed by atoms with Gasteiger partial charge in [0.2, 0.25) is 5.78 Å². The van der Waals surface area contributed by atoms with E-state index in [2.05, 4.69) is 20.9 Å². The lowest BCUT2D eigenvalue weighted by atomic mass is 10.0. The van der Waals surface area contributed by atoms with E-state index in [1.807, 2.05) is 25.8 Å². The maximum atomic E-state index is 12.6. The summed E-state index contributed by atoms with van der Waals surface area (Å²) in [5.74, 6) is 1.11. The number of nitrogens with zero attached hydrogens (tertiary/aromatic N) is 2. The predicted molar refractivity (Wildman–Crippen MR) is 113 cm³/mol. The highest BCUT2D eigenvalue weighted by Crippen LogP contribution is 2.31. The summed E-state index contributed by atoms with van der Waals surface area (Å²) in [6.45, 7) is 4.63. The second kappa shape index (κ2) is 9.76. The summed E-state index contributed by atoms with van der Waals surface area (Å²) < 4.78 is 11.5. The molecule has 27 heavy (non-hydrogen) atoms. The average Bonchev–Trinajstić information content (AvgIpc) is 2.66. The zero-order chi connectivity index (χ0) is 20.0. The van der Waals surface area contributed by atoms with Gasteiger partial charge in [0.25, 0.3) is 0 Å². The van der Waals surface area contributed by atoms with Crippen molar-refractivity contribution in [3.8, 4) is 11.5 Å². The zero-order valence-corrected chi connectivity index (χ0v) is 18.1. The number of ketones is 1. The number of ether oxygens (including phenoxy) is 2. The van der Waals surface area contributed by atoms with Crippen LogP contribution in [0.25, 0.3) is 0 Å². The van der Waals surface area contributed by atoms with Gasteiger partial charge in [-0.05, 0) is 65.7 Å². The van der Waals surface area contributed by atoms with Crippen LogP contribution in [0.15, 0.2) is 39.8 Å². The number of carbonyl (C=O) groups excluding carboxylic acids is 1. The van der Waals surface area contributed by atoms with Gasteiger partial charge in [-0.3, -0.25) is 4.79 Å². The molecule has 144 valence electrons. The topological polar surface area (TPSA) is 51.1 Å². The number of hydrogen-bond donors (Lipinski definition) is 0. The Morgan fingerprint density at radius 1 is 1.33 bits per heavy atom. The molecule has 2 aromatic rings. The number of Topliss-reactive ketones (excluding diaryl/α,β-unsaturated/α-hetero) is 1. The Kier molecular flexibility index (Phi) is 7.68. The van der Waals surface area contributed by atoms with Gasteiger partial charge in [0.1, 0.15) is 11.5 Å². The quantitative estimate of drug-likeness (QED) is 0.309. The van der Waals surface area contributed by atoms with Crippen molar-refractivity contribution in [2.24, 2.45) is 4.99 Å². The molecule has 0 N–H and O–H groups in total. The Morgan fingerprint density at radius 3 is 2.70 bits per heavy atom. The van der Waals surface area contributed by atoms with E-state index in [1.165, 1.54) is 0 Å². The van der Waals surface area contributed by atoms with Crippen molar-refractivity contribution >= 4 is 45.3 Å². The Balaban J connectivity index is 2.12. The summed E-state index contributed by atoms with van der Waals surface area (Å²) in [7, 11) is 3.52. The number of halogens is 2. The lowest BCUT2D eigenvalue weighted by Gasteiger charge is -2.12. The number of carbonyl (C=O) groups is 1. The van der Waals surface area contributed by atoms with Crippen molar-refractivity contribution in [3.63, 3.8) is 0 Å². The van der Waals surface area contributed by atoms with Crippen LogP contribution in [0.3, 0.4) is 0 Å². The third kappa shape index (κ3) is 5.71. The van der Waals surface area contributed by atoms with Crippen molar-refractivity contribution in [1.82, 2.24) is 4.90 Å². The summed E-state index contributed by atoms with van der Waals surface area (Å²) in [6, 6.07) is 8.75. The molecule has 0 amide bonds. The van der Waals surface area contributed by atoms with Crippen molar-refractivity contribution in [2.75, 3.05) is 27.3 Å². The first-order chi connectivity index (χ1) is 12.8. The van der Waals surface area contributed by atoms with E-state index in [0.717, 1.165) is 12.1 Å². The van der Waals surface area contributed by atoms with Gasteiger partial charge in [-0.2, -0.15) is 0 Å². The van der Waals surface area contributed by atoms with Gasteiger partial charge in [0.05, 0.1) is 28.6 Å². The molecular weight excluding hydrogens is 432 g/mol. The number of hydrogen-bond acceptors (Lipinski definition) is 4. The Hall–Kier alpha value is -2.05. The Bertz CT molecular complexity index is 855. The fourth-order valence-corrected chi connectivity index (χ4v) is 2.94. The van der Waals surface area contributed by atoms with Crippen molar-refractivity contribution < 1.29 is 14.3 Å². The molecule has 0 atom stereocenters. The van der Waals surface area contributed by atoms with E-state index < -0.39 is 0 Å². The number of methoxy groups -OCH3 is 1. The molecule has 0 bridgehead atoms. The van der Waals surface area contributed by atoms with Gasteiger partial charge in [0, 0.05) is 19.2 Å². The molecule has 0 saturated heterocycles. The van der Waals surface area contributed by atoms with Crippen molar-refractivity contribution in [2.45, 2.75) is 13.8 Å². The van der Waals surface area contributed by atoms with E-state index in [1.54, 1.807) is 43.8 Å². The minimum absolute atomic E-state index is 0.0940. The van der Waals surface area contributed by atoms with Gasteiger partial charge in [-0.25, -0.2) is 4.99 Å². The lowest BCUT2D eigenvalue weighted by Crippen LogP contribution is -2.14. The molecule has 7 heteroatoms. The zero-order valence-electron chi connectivity index (χ0n) is 15.8. The first kappa shape index (κ1) is 21.3. The van der Waals surface area contributed by atoms with Crippen LogP contribution >= 0.6 is 27.5 Å². The molecule has 2 rings (SSSR count). The minimum atomic E-state index is -0.154. The summed E-state index contributed by atoms with van der Waals surface area (Å²) in [5, 5.41) is 0.426. The van der Waals surface area contributed by atoms with Crippen molar-refractivity contribution in [3.05, 3.63) is 51.0 Å². The SMILES string of the molecule is CCN(C)C=Nc1cc(C)c(C(=O)COc2ccc(OC)cc2Br)cc1Cl. The second-order valence-electron chi connectivity index (χ2n) is 5.94. The fourth-order valence-electron chi connectivity index (χ4n) is 2.25. The standard InChI is InChI=1S/C20H22BrClN2O3/c1-5-24(3)12-23-18-8-13(2)15(10-17(18)22)19(25)11-27-20-7-6-14(26-4)9-16(20)21/h6-10,12H,5,11H2,1-4H3. The van der Waals surface area contributed by atoms with Crippen LogP contribution in [0.4, 0.5) is 5.69 Å². The smallest absolute Gasteiger partial charge is 0.200 e.